The Hall–Kier alpha value is -0.600. The molecule has 0 aliphatic carbocycles. The van der Waals surface area contributed by atoms with Crippen molar-refractivity contribution in [2.75, 3.05) is 13.1 Å². The molecule has 0 bridgehead atoms. The van der Waals surface area contributed by atoms with Crippen molar-refractivity contribution in [3.05, 3.63) is 34.6 Å². The molecule has 0 radical (unpaired) electrons. The van der Waals surface area contributed by atoms with E-state index in [0.717, 1.165) is 25.9 Å². The quantitative estimate of drug-likeness (QED) is 0.835. The minimum Gasteiger partial charge on any atom is -0.316 e. The minimum atomic E-state index is -0.326. The second-order valence-corrected chi connectivity index (χ2v) is 4.85. The van der Waals surface area contributed by atoms with Crippen LogP contribution >= 0.6 is 11.6 Å². The molecule has 1 saturated heterocycles. The zero-order valence-corrected chi connectivity index (χ0v) is 10.2. The van der Waals surface area contributed by atoms with Crippen molar-refractivity contribution in [3.8, 4) is 0 Å². The summed E-state index contributed by atoms with van der Waals surface area (Å²) < 4.78 is 13.1. The van der Waals surface area contributed by atoms with Crippen molar-refractivity contribution in [3.63, 3.8) is 0 Å². The molecule has 1 aliphatic heterocycles. The molecule has 1 nitrogen and oxygen atoms in total. The number of nitrogens with one attached hydrogen (secondary N) is 1. The van der Waals surface area contributed by atoms with Crippen LogP contribution in [0.15, 0.2) is 18.2 Å². The maximum atomic E-state index is 13.1. The monoisotopic (exact) mass is 241 g/mol. The molecule has 1 aromatic rings. The van der Waals surface area contributed by atoms with E-state index in [2.05, 4.69) is 12.2 Å². The van der Waals surface area contributed by atoms with E-state index in [1.54, 1.807) is 6.07 Å². The van der Waals surface area contributed by atoms with Crippen LogP contribution in [0.5, 0.6) is 0 Å². The van der Waals surface area contributed by atoms with Gasteiger partial charge in [-0.25, -0.2) is 4.39 Å². The van der Waals surface area contributed by atoms with E-state index in [1.165, 1.54) is 11.6 Å². The average molecular weight is 242 g/mol. The van der Waals surface area contributed by atoms with Crippen molar-refractivity contribution in [1.82, 2.24) is 5.32 Å². The maximum Gasteiger partial charge on any atom is 0.141 e. The van der Waals surface area contributed by atoms with Crippen LogP contribution < -0.4 is 5.32 Å². The van der Waals surface area contributed by atoms with Gasteiger partial charge in [0.2, 0.25) is 0 Å². The smallest absolute Gasteiger partial charge is 0.141 e. The first-order valence-corrected chi connectivity index (χ1v) is 6.25. The number of benzene rings is 1. The van der Waals surface area contributed by atoms with Gasteiger partial charge in [-0.2, -0.15) is 0 Å². The summed E-state index contributed by atoms with van der Waals surface area (Å²) in [5, 5.41) is 3.65. The fourth-order valence-corrected chi connectivity index (χ4v) is 2.72. The Labute approximate surface area is 101 Å². The standard InChI is InChI=1S/C13H17ClFN/c1-2-9-8-16-6-5-11(9)10-3-4-13(15)12(14)7-10/h3-4,7,9,11,16H,2,5-6,8H2,1H3. The molecule has 0 spiro atoms. The number of piperidine rings is 1. The zero-order chi connectivity index (χ0) is 11.5. The number of hydrogen-bond acceptors (Lipinski definition) is 1. The van der Waals surface area contributed by atoms with Gasteiger partial charge in [-0.15, -0.1) is 0 Å². The first-order valence-electron chi connectivity index (χ1n) is 5.88. The molecule has 0 saturated carbocycles. The summed E-state index contributed by atoms with van der Waals surface area (Å²) in [5.74, 6) is 0.826. The highest BCUT2D eigenvalue weighted by molar-refractivity contribution is 6.30. The highest BCUT2D eigenvalue weighted by Crippen LogP contribution is 2.33. The zero-order valence-electron chi connectivity index (χ0n) is 9.47. The molecule has 1 N–H and O–H groups in total. The lowest BCUT2D eigenvalue weighted by atomic mass is 9.80. The van der Waals surface area contributed by atoms with Gasteiger partial charge < -0.3 is 5.32 Å². The van der Waals surface area contributed by atoms with Crippen LogP contribution in [0.4, 0.5) is 4.39 Å². The van der Waals surface area contributed by atoms with E-state index in [4.69, 9.17) is 11.6 Å². The van der Waals surface area contributed by atoms with Gasteiger partial charge in [0.1, 0.15) is 5.82 Å². The van der Waals surface area contributed by atoms with Crippen LogP contribution in [0.25, 0.3) is 0 Å². The lowest BCUT2D eigenvalue weighted by Gasteiger charge is -2.32. The number of hydrogen-bond donors (Lipinski definition) is 1. The van der Waals surface area contributed by atoms with Gasteiger partial charge in [0.05, 0.1) is 5.02 Å². The van der Waals surface area contributed by atoms with Crippen molar-refractivity contribution in [2.24, 2.45) is 5.92 Å². The fourth-order valence-electron chi connectivity index (χ4n) is 2.53. The van der Waals surface area contributed by atoms with Crippen molar-refractivity contribution < 1.29 is 4.39 Å². The summed E-state index contributed by atoms with van der Waals surface area (Å²) >= 11 is 5.83. The number of halogens is 2. The molecule has 1 heterocycles. The third-order valence-corrected chi connectivity index (χ3v) is 3.79. The molecular formula is C13H17ClFN. The van der Waals surface area contributed by atoms with Crippen molar-refractivity contribution >= 4 is 11.6 Å². The van der Waals surface area contributed by atoms with Gasteiger partial charge in [-0.1, -0.05) is 31.0 Å². The van der Waals surface area contributed by atoms with E-state index in [-0.39, 0.29) is 10.8 Å². The lowest BCUT2D eigenvalue weighted by molar-refractivity contribution is 0.318. The fraction of sp³-hybridized carbons (Fsp3) is 0.538. The normalized spacial score (nSPS) is 25.7. The molecule has 0 amide bonds. The Kier molecular flexibility index (Phi) is 3.82. The first kappa shape index (κ1) is 11.9. The van der Waals surface area contributed by atoms with Gasteiger partial charge >= 0.3 is 0 Å². The molecule has 2 unspecified atom stereocenters. The topological polar surface area (TPSA) is 12.0 Å². The Morgan fingerprint density at radius 3 is 3.00 bits per heavy atom. The Morgan fingerprint density at radius 1 is 1.50 bits per heavy atom. The molecule has 2 atom stereocenters. The van der Waals surface area contributed by atoms with Gasteiger partial charge in [-0.05, 0) is 49.0 Å². The van der Waals surface area contributed by atoms with Crippen LogP contribution in [-0.4, -0.2) is 13.1 Å². The third kappa shape index (κ3) is 2.38. The van der Waals surface area contributed by atoms with Crippen LogP contribution in [-0.2, 0) is 0 Å². The lowest BCUT2D eigenvalue weighted by Crippen LogP contribution is -2.35. The van der Waals surface area contributed by atoms with Crippen LogP contribution in [0, 0.1) is 11.7 Å². The Morgan fingerprint density at radius 2 is 2.31 bits per heavy atom. The Bertz CT molecular complexity index is 367. The second kappa shape index (κ2) is 5.15. The van der Waals surface area contributed by atoms with Gasteiger partial charge in [0.25, 0.3) is 0 Å². The average Bonchev–Trinajstić information content (AvgIpc) is 2.32. The summed E-state index contributed by atoms with van der Waals surface area (Å²) in [6.45, 7) is 4.29. The molecule has 1 aromatic carbocycles. The molecular weight excluding hydrogens is 225 g/mol. The van der Waals surface area contributed by atoms with Crippen molar-refractivity contribution in [2.45, 2.75) is 25.7 Å². The van der Waals surface area contributed by atoms with E-state index in [0.29, 0.717) is 11.8 Å². The van der Waals surface area contributed by atoms with Gasteiger partial charge in [-0.3, -0.25) is 0 Å². The summed E-state index contributed by atoms with van der Waals surface area (Å²) in [5.41, 5.74) is 1.18. The first-order chi connectivity index (χ1) is 7.72. The van der Waals surface area contributed by atoms with Gasteiger partial charge in [0.15, 0.2) is 0 Å². The molecule has 1 aliphatic rings. The van der Waals surface area contributed by atoms with Crippen LogP contribution in [0.2, 0.25) is 5.02 Å². The Balaban J connectivity index is 2.23. The summed E-state index contributed by atoms with van der Waals surface area (Å²) in [7, 11) is 0. The SMILES string of the molecule is CCC1CNCCC1c1ccc(F)c(Cl)c1. The van der Waals surface area contributed by atoms with Crippen LogP contribution in [0.1, 0.15) is 31.2 Å². The van der Waals surface area contributed by atoms with E-state index in [9.17, 15) is 4.39 Å². The van der Waals surface area contributed by atoms with E-state index in [1.807, 2.05) is 6.07 Å². The largest absolute Gasteiger partial charge is 0.316 e. The van der Waals surface area contributed by atoms with E-state index >= 15 is 0 Å². The predicted molar refractivity (Wildman–Crippen MR) is 65.4 cm³/mol. The molecule has 1 fully saturated rings. The summed E-state index contributed by atoms with van der Waals surface area (Å²) in [6.07, 6.45) is 2.26. The maximum absolute atomic E-state index is 13.1. The summed E-state index contributed by atoms with van der Waals surface area (Å²) in [4.78, 5) is 0. The van der Waals surface area contributed by atoms with Gasteiger partial charge in [0, 0.05) is 0 Å². The highest BCUT2D eigenvalue weighted by atomic mass is 35.5. The van der Waals surface area contributed by atoms with E-state index < -0.39 is 0 Å². The molecule has 3 heteroatoms. The molecule has 88 valence electrons. The van der Waals surface area contributed by atoms with Crippen molar-refractivity contribution in [1.29, 1.82) is 0 Å². The molecule has 16 heavy (non-hydrogen) atoms. The second-order valence-electron chi connectivity index (χ2n) is 4.44. The predicted octanol–water partition coefficient (Wildman–Crippen LogP) is 3.58. The summed E-state index contributed by atoms with van der Waals surface area (Å²) in [6, 6.07) is 5.14. The highest BCUT2D eigenvalue weighted by Gasteiger charge is 2.25. The number of rotatable bonds is 2. The van der Waals surface area contributed by atoms with Crippen LogP contribution in [0.3, 0.4) is 0 Å². The molecule has 2 rings (SSSR count). The molecule has 0 aromatic heterocycles. The minimum absolute atomic E-state index is 0.242. The third-order valence-electron chi connectivity index (χ3n) is 3.50.